The van der Waals surface area contributed by atoms with Crippen LogP contribution in [0, 0.1) is 11.8 Å². The number of carbonyl (C=O) groups is 3. The smallest absolute Gasteiger partial charge is 0.247 e. The molecule has 3 aliphatic heterocycles. The van der Waals surface area contributed by atoms with Crippen LogP contribution in [0.3, 0.4) is 0 Å². The Kier molecular flexibility index (Phi) is 10.7. The number of aliphatic hydroxyl groups is 1. The zero-order chi connectivity index (χ0) is 30.4. The average Bonchev–Trinajstić information content (AvgIpc) is 3.67. The first-order valence-corrected chi connectivity index (χ1v) is 17.3. The summed E-state index contributed by atoms with van der Waals surface area (Å²) in [4.78, 5) is 49.3. The Morgan fingerprint density at radius 2 is 1.70 bits per heavy atom. The maximum Gasteiger partial charge on any atom is 0.247 e. The van der Waals surface area contributed by atoms with Crippen LogP contribution in [-0.4, -0.2) is 85.8 Å². The maximum atomic E-state index is 14.7. The highest BCUT2D eigenvalue weighted by atomic mass is 32.2. The number of rotatable bonds is 15. The van der Waals surface area contributed by atoms with Gasteiger partial charge in [-0.1, -0.05) is 74.6 Å². The van der Waals surface area contributed by atoms with E-state index in [4.69, 9.17) is 0 Å². The Morgan fingerprint density at radius 1 is 0.977 bits per heavy atom. The van der Waals surface area contributed by atoms with Crippen molar-refractivity contribution in [3.8, 4) is 0 Å². The molecule has 1 N–H and O–H groups in total. The first-order valence-electron chi connectivity index (χ1n) is 16.4. The summed E-state index contributed by atoms with van der Waals surface area (Å²) in [6, 6.07) is 9.58. The van der Waals surface area contributed by atoms with Crippen molar-refractivity contribution >= 4 is 29.5 Å². The molecule has 2 bridgehead atoms. The van der Waals surface area contributed by atoms with Crippen LogP contribution in [-0.2, 0) is 20.9 Å². The second-order valence-corrected chi connectivity index (χ2v) is 14.4. The molecule has 43 heavy (non-hydrogen) atoms. The Hall–Kier alpha value is -2.58. The van der Waals surface area contributed by atoms with Crippen LogP contribution >= 0.6 is 11.8 Å². The van der Waals surface area contributed by atoms with Gasteiger partial charge in [0.05, 0.1) is 16.6 Å². The van der Waals surface area contributed by atoms with Crippen LogP contribution in [0.1, 0.15) is 76.2 Å². The van der Waals surface area contributed by atoms with Crippen molar-refractivity contribution in [1.82, 2.24) is 14.7 Å². The fraction of sp³-hybridized carbons (Fsp3) is 0.629. The van der Waals surface area contributed by atoms with Crippen molar-refractivity contribution in [1.29, 1.82) is 0 Å². The van der Waals surface area contributed by atoms with Gasteiger partial charge in [-0.2, -0.15) is 0 Å². The summed E-state index contributed by atoms with van der Waals surface area (Å²) in [7, 11) is 0. The van der Waals surface area contributed by atoms with Crippen LogP contribution in [0.5, 0.6) is 0 Å². The molecule has 5 rings (SSSR count). The molecule has 3 saturated heterocycles. The minimum atomic E-state index is -0.578. The predicted molar refractivity (Wildman–Crippen MR) is 172 cm³/mol. The topological polar surface area (TPSA) is 81.2 Å². The minimum Gasteiger partial charge on any atom is -0.396 e. The minimum absolute atomic E-state index is 0.00685. The average molecular weight is 608 g/mol. The molecule has 3 heterocycles. The molecule has 2 unspecified atom stereocenters. The fourth-order valence-electron chi connectivity index (χ4n) is 8.21. The lowest BCUT2D eigenvalue weighted by molar-refractivity contribution is -0.145. The van der Waals surface area contributed by atoms with Gasteiger partial charge in [-0.25, -0.2) is 0 Å². The summed E-state index contributed by atoms with van der Waals surface area (Å²) < 4.78 is -0.578. The monoisotopic (exact) mass is 607 g/mol. The molecule has 0 radical (unpaired) electrons. The Labute approximate surface area is 261 Å². The molecule has 1 saturated carbocycles. The number of fused-ring (bicyclic) bond motifs is 1. The van der Waals surface area contributed by atoms with Gasteiger partial charge in [0.1, 0.15) is 6.04 Å². The zero-order valence-corrected chi connectivity index (χ0v) is 26.4. The molecule has 1 aromatic carbocycles. The van der Waals surface area contributed by atoms with E-state index in [0.717, 1.165) is 69.8 Å². The summed E-state index contributed by atoms with van der Waals surface area (Å²) in [5.74, 6) is -0.893. The number of likely N-dealkylation sites (tertiary alicyclic amines) is 1. The number of unbranched alkanes of at least 4 members (excludes halogenated alkanes) is 3. The number of hydrogen-bond donors (Lipinski definition) is 1. The van der Waals surface area contributed by atoms with Gasteiger partial charge in [0.15, 0.2) is 0 Å². The number of carbonyl (C=O) groups excluding carboxylic acids is 3. The summed E-state index contributed by atoms with van der Waals surface area (Å²) in [5.41, 5.74) is 1.05. The number of amides is 3. The van der Waals surface area contributed by atoms with E-state index in [9.17, 15) is 19.5 Å². The first-order chi connectivity index (χ1) is 21.0. The molecule has 7 nitrogen and oxygen atoms in total. The van der Waals surface area contributed by atoms with Gasteiger partial charge in [0.25, 0.3) is 0 Å². The second kappa shape index (κ2) is 14.5. The van der Waals surface area contributed by atoms with Gasteiger partial charge in [0.2, 0.25) is 17.7 Å². The molecule has 5 atom stereocenters. The van der Waals surface area contributed by atoms with E-state index < -0.39 is 22.6 Å². The molecule has 234 valence electrons. The SMILES string of the molecule is C=CCN(Cc1ccccc1)C(=O)[C@@H]1[C@H]2C(=O)N(CCCCCCO)C(C(=O)N(CC=C)C3CCCCC3)C23CC[C@H]1S3. The van der Waals surface area contributed by atoms with E-state index >= 15 is 0 Å². The molecular formula is C35H49N3O4S. The summed E-state index contributed by atoms with van der Waals surface area (Å²) >= 11 is 1.76. The summed E-state index contributed by atoms with van der Waals surface area (Å²) in [6.45, 7) is 9.94. The van der Waals surface area contributed by atoms with Crippen molar-refractivity contribution in [2.45, 2.75) is 99.3 Å². The number of benzene rings is 1. The van der Waals surface area contributed by atoms with E-state index in [1.807, 2.05) is 51.1 Å². The van der Waals surface area contributed by atoms with Crippen LogP contribution in [0.15, 0.2) is 55.6 Å². The molecule has 8 heteroatoms. The van der Waals surface area contributed by atoms with Gasteiger partial charge in [-0.15, -0.1) is 24.9 Å². The van der Waals surface area contributed by atoms with Crippen molar-refractivity contribution in [2.75, 3.05) is 26.2 Å². The largest absolute Gasteiger partial charge is 0.396 e. The molecule has 1 spiro atoms. The van der Waals surface area contributed by atoms with Crippen molar-refractivity contribution in [3.05, 3.63) is 61.2 Å². The van der Waals surface area contributed by atoms with Crippen LogP contribution in [0.2, 0.25) is 0 Å². The van der Waals surface area contributed by atoms with Crippen molar-refractivity contribution in [3.63, 3.8) is 0 Å². The summed E-state index contributed by atoms with van der Waals surface area (Å²) in [6.07, 6.45) is 13.9. The fourth-order valence-corrected chi connectivity index (χ4v) is 10.4. The third-order valence-electron chi connectivity index (χ3n) is 10.1. The second-order valence-electron chi connectivity index (χ2n) is 12.8. The lowest BCUT2D eigenvalue weighted by Gasteiger charge is -2.41. The van der Waals surface area contributed by atoms with Gasteiger partial charge < -0.3 is 19.8 Å². The zero-order valence-electron chi connectivity index (χ0n) is 25.6. The van der Waals surface area contributed by atoms with Gasteiger partial charge in [-0.05, 0) is 44.1 Å². The normalized spacial score (nSPS) is 28.1. The van der Waals surface area contributed by atoms with E-state index in [-0.39, 0.29) is 35.6 Å². The van der Waals surface area contributed by atoms with Crippen LogP contribution in [0.4, 0.5) is 0 Å². The molecule has 0 aromatic heterocycles. The van der Waals surface area contributed by atoms with Gasteiger partial charge in [0, 0.05) is 44.1 Å². The predicted octanol–water partition coefficient (Wildman–Crippen LogP) is 5.19. The lowest BCUT2D eigenvalue weighted by Crippen LogP contribution is -2.57. The molecule has 1 aromatic rings. The number of hydrogen-bond acceptors (Lipinski definition) is 5. The van der Waals surface area contributed by atoms with Crippen LogP contribution in [0.25, 0.3) is 0 Å². The van der Waals surface area contributed by atoms with Crippen molar-refractivity contribution < 1.29 is 19.5 Å². The van der Waals surface area contributed by atoms with E-state index in [1.54, 1.807) is 17.8 Å². The highest BCUT2D eigenvalue weighted by molar-refractivity contribution is 8.02. The highest BCUT2D eigenvalue weighted by Gasteiger charge is 2.74. The highest BCUT2D eigenvalue weighted by Crippen LogP contribution is 2.66. The Morgan fingerprint density at radius 3 is 2.40 bits per heavy atom. The number of aliphatic hydroxyl groups excluding tert-OH is 1. The lowest BCUT2D eigenvalue weighted by atomic mass is 9.70. The van der Waals surface area contributed by atoms with Crippen molar-refractivity contribution in [2.24, 2.45) is 11.8 Å². The molecule has 4 fully saturated rings. The van der Waals surface area contributed by atoms with Gasteiger partial charge in [-0.3, -0.25) is 14.4 Å². The first kappa shape index (κ1) is 31.8. The molecule has 4 aliphatic rings. The standard InChI is InChI=1S/C35H49N3O4S/c1-3-21-36(25-26-15-9-7-10-16-26)32(40)29-28-19-20-35(43-28)30(29)33(41)38(23-13-5-6-14-24-39)31(35)34(42)37(22-4-2)27-17-11-8-12-18-27/h3-4,7,9-10,15-16,27-31,39H,1-2,5-6,8,11-14,17-25H2/t28-,29+,30+,31?,35?/m1/s1. The van der Waals surface area contributed by atoms with E-state index in [0.29, 0.717) is 26.2 Å². The Bertz CT molecular complexity index is 1160. The Balaban J connectivity index is 1.46. The molecular weight excluding hydrogens is 558 g/mol. The van der Waals surface area contributed by atoms with Gasteiger partial charge >= 0.3 is 0 Å². The maximum absolute atomic E-state index is 14.7. The third-order valence-corrected chi connectivity index (χ3v) is 12.1. The summed E-state index contributed by atoms with van der Waals surface area (Å²) in [5, 5.41) is 9.27. The van der Waals surface area contributed by atoms with E-state index in [2.05, 4.69) is 13.2 Å². The third kappa shape index (κ3) is 6.32. The van der Waals surface area contributed by atoms with E-state index in [1.165, 1.54) is 6.42 Å². The molecule has 1 aliphatic carbocycles. The quantitative estimate of drug-likeness (QED) is 0.219. The van der Waals surface area contributed by atoms with Crippen LogP contribution < -0.4 is 0 Å². The molecule has 3 amide bonds. The number of thioether (sulfide) groups is 1. The number of nitrogens with zero attached hydrogens (tertiary/aromatic N) is 3.